The molecule has 2 aromatic carbocycles. The minimum Gasteiger partial charge on any atom is -0.497 e. The molecule has 0 spiro atoms. The lowest BCUT2D eigenvalue weighted by Crippen LogP contribution is -2.59. The summed E-state index contributed by atoms with van der Waals surface area (Å²) < 4.78 is 20.7. The Balaban J connectivity index is 0.00000400. The number of halogens is 1. The van der Waals surface area contributed by atoms with E-state index in [1.165, 1.54) is 19.6 Å². The van der Waals surface area contributed by atoms with Crippen molar-refractivity contribution in [2.45, 2.75) is 86.0 Å². The number of anilines is 1. The van der Waals surface area contributed by atoms with Crippen LogP contribution in [0.4, 0.5) is 10.1 Å². The van der Waals surface area contributed by atoms with Crippen molar-refractivity contribution in [1.29, 1.82) is 0 Å². The Morgan fingerprint density at radius 3 is 2.47 bits per heavy atom. The van der Waals surface area contributed by atoms with Crippen molar-refractivity contribution < 1.29 is 9.13 Å². The van der Waals surface area contributed by atoms with Gasteiger partial charge in [0.05, 0.1) is 24.1 Å². The summed E-state index contributed by atoms with van der Waals surface area (Å²) in [4.78, 5) is 37.0. The summed E-state index contributed by atoms with van der Waals surface area (Å²) in [5, 5.41) is 7.59. The van der Waals surface area contributed by atoms with Crippen molar-refractivity contribution in [1.82, 2.24) is 19.8 Å². The topological polar surface area (TPSA) is 104 Å². The van der Waals surface area contributed by atoms with Gasteiger partial charge in [0.25, 0.3) is 5.56 Å². The van der Waals surface area contributed by atoms with Crippen molar-refractivity contribution >= 4 is 22.5 Å². The van der Waals surface area contributed by atoms with E-state index >= 15 is 0 Å². The van der Waals surface area contributed by atoms with Crippen LogP contribution in [-0.4, -0.2) is 58.7 Å². The third-order valence-electron chi connectivity index (χ3n) is 10.6. The highest BCUT2D eigenvalue weighted by Crippen LogP contribution is 2.61. The van der Waals surface area contributed by atoms with E-state index in [2.05, 4.69) is 55.1 Å². The molecular formula is C35H49FN6O3. The fraction of sp³-hybridized carbons (Fsp3) is 0.571. The molecule has 3 aliphatic carbocycles. The largest absolute Gasteiger partial charge is 0.497 e. The van der Waals surface area contributed by atoms with Crippen molar-refractivity contribution in [2.75, 3.05) is 25.5 Å². The fourth-order valence-electron chi connectivity index (χ4n) is 7.90. The number of nitrogens with one attached hydrogen (secondary N) is 3. The number of ether oxygens (including phenoxy) is 1. The van der Waals surface area contributed by atoms with Gasteiger partial charge in [0, 0.05) is 43.5 Å². The first-order valence-corrected chi connectivity index (χ1v) is 15.9. The van der Waals surface area contributed by atoms with Crippen LogP contribution in [0, 0.1) is 29.0 Å². The first-order valence-electron chi connectivity index (χ1n) is 15.9. The molecule has 3 aromatic rings. The molecule has 6 atom stereocenters. The number of aromatic nitrogens is 2. The van der Waals surface area contributed by atoms with Gasteiger partial charge in [-0.05, 0) is 86.1 Å². The molecule has 2 bridgehead atoms. The summed E-state index contributed by atoms with van der Waals surface area (Å²) in [6.45, 7) is 13.3. The summed E-state index contributed by atoms with van der Waals surface area (Å²) in [5.74, 6) is 2.72. The van der Waals surface area contributed by atoms with Gasteiger partial charge in [0.2, 0.25) is 0 Å². The lowest BCUT2D eigenvalue weighted by Gasteiger charge is -2.61. The SMILES string of the molecule is C.COc1ccc(CCn2c(=O)[nH]c3cc(NC(=N[C@H]4C[C@H]5C[C@@H]([C@@H]4C)C5(C)C)N4C[C@@H](C)N[C@@H](C)C4)ccc3c2=O)c(F)c1. The number of guanidine groups is 1. The molecule has 244 valence electrons. The van der Waals surface area contributed by atoms with Crippen LogP contribution in [0.2, 0.25) is 0 Å². The van der Waals surface area contributed by atoms with Crippen LogP contribution in [-0.2, 0) is 13.0 Å². The number of aliphatic imine (C=N–C) groups is 1. The van der Waals surface area contributed by atoms with Crippen molar-refractivity contribution in [3.8, 4) is 5.75 Å². The fourth-order valence-corrected chi connectivity index (χ4v) is 7.90. The number of rotatable bonds is 6. The van der Waals surface area contributed by atoms with Crippen molar-refractivity contribution in [2.24, 2.45) is 28.2 Å². The summed E-state index contributed by atoms with van der Waals surface area (Å²) in [6.07, 6.45) is 2.59. The number of methoxy groups -OCH3 is 1. The second-order valence-corrected chi connectivity index (χ2v) is 13.8. The van der Waals surface area contributed by atoms with Crippen LogP contribution in [0.25, 0.3) is 10.9 Å². The summed E-state index contributed by atoms with van der Waals surface area (Å²) in [5.41, 5.74) is 1.08. The highest BCUT2D eigenvalue weighted by molar-refractivity contribution is 5.96. The van der Waals surface area contributed by atoms with Gasteiger partial charge in [-0.15, -0.1) is 0 Å². The van der Waals surface area contributed by atoms with E-state index in [4.69, 9.17) is 9.73 Å². The van der Waals surface area contributed by atoms with Crippen LogP contribution in [0.3, 0.4) is 0 Å². The molecule has 3 N–H and O–H groups in total. The van der Waals surface area contributed by atoms with Gasteiger partial charge in [0.1, 0.15) is 11.6 Å². The maximum atomic E-state index is 14.5. The van der Waals surface area contributed by atoms with E-state index in [1.807, 2.05) is 6.07 Å². The number of nitrogens with zero attached hydrogens (tertiary/aromatic N) is 3. The van der Waals surface area contributed by atoms with E-state index in [1.54, 1.807) is 24.3 Å². The highest BCUT2D eigenvalue weighted by Gasteiger charge is 2.56. The second kappa shape index (κ2) is 12.6. The number of hydrogen-bond acceptors (Lipinski definition) is 5. The standard InChI is InChI=1S/C34H45FN6O3.CH4/c1-19-17-40(18-20(2)36-19)32(38-29-14-23-13-27(21(29)3)34(23,4)5)37-24-8-10-26-30(15-24)39-33(43)41(31(26)42)12-11-22-7-9-25(44-6)16-28(22)35;/h7-10,15-16,19-21,23,27,29,36H,11-14,17-18H2,1-6H3,(H,37,38)(H,39,43);1H4/t19-,20+,21-,23+,27-,29-;/m0./s1. The number of H-pyrrole nitrogens is 1. The Morgan fingerprint density at radius 1 is 1.09 bits per heavy atom. The lowest BCUT2D eigenvalue weighted by atomic mass is 9.45. The van der Waals surface area contributed by atoms with E-state index in [-0.39, 0.29) is 26.4 Å². The van der Waals surface area contributed by atoms with E-state index in [0.29, 0.717) is 57.5 Å². The van der Waals surface area contributed by atoms with Crippen LogP contribution in [0.1, 0.15) is 60.5 Å². The highest BCUT2D eigenvalue weighted by atomic mass is 19.1. The Labute approximate surface area is 265 Å². The smallest absolute Gasteiger partial charge is 0.328 e. The van der Waals surface area contributed by atoms with Gasteiger partial charge in [-0.2, -0.15) is 0 Å². The lowest BCUT2D eigenvalue weighted by molar-refractivity contribution is -0.108. The summed E-state index contributed by atoms with van der Waals surface area (Å²) in [6, 6.07) is 10.9. The predicted octanol–water partition coefficient (Wildman–Crippen LogP) is 5.24. The number of aryl methyl sites for hydroxylation is 1. The maximum absolute atomic E-state index is 14.5. The Morgan fingerprint density at radius 2 is 1.82 bits per heavy atom. The third-order valence-corrected chi connectivity index (χ3v) is 10.6. The zero-order valence-corrected chi connectivity index (χ0v) is 26.6. The summed E-state index contributed by atoms with van der Waals surface area (Å²) in [7, 11) is 1.48. The van der Waals surface area contributed by atoms with Gasteiger partial charge in [0.15, 0.2) is 5.96 Å². The molecule has 2 heterocycles. The minimum atomic E-state index is -0.523. The molecule has 9 nitrogen and oxygen atoms in total. The van der Waals surface area contributed by atoms with E-state index < -0.39 is 17.1 Å². The molecule has 10 heteroatoms. The monoisotopic (exact) mass is 620 g/mol. The van der Waals surface area contributed by atoms with E-state index in [9.17, 15) is 14.0 Å². The predicted molar refractivity (Wildman–Crippen MR) is 180 cm³/mol. The number of hydrogen-bond donors (Lipinski definition) is 3. The number of benzene rings is 2. The van der Waals surface area contributed by atoms with Crippen LogP contribution < -0.4 is 26.6 Å². The number of piperazine rings is 1. The molecule has 4 aliphatic rings. The Kier molecular flexibility index (Phi) is 9.18. The zero-order valence-electron chi connectivity index (χ0n) is 26.6. The first kappa shape index (κ1) is 32.7. The van der Waals surface area contributed by atoms with Gasteiger partial charge < -0.3 is 25.3 Å². The molecule has 1 aliphatic heterocycles. The van der Waals surface area contributed by atoms with Crippen LogP contribution in [0.5, 0.6) is 5.75 Å². The minimum absolute atomic E-state index is 0. The number of fused-ring (bicyclic) bond motifs is 3. The Hall–Kier alpha value is -3.66. The molecular weight excluding hydrogens is 571 g/mol. The van der Waals surface area contributed by atoms with Crippen LogP contribution in [0.15, 0.2) is 51.0 Å². The molecule has 1 aromatic heterocycles. The molecule has 4 fully saturated rings. The van der Waals surface area contributed by atoms with Gasteiger partial charge >= 0.3 is 5.69 Å². The average Bonchev–Trinajstić information content (AvgIpc) is 2.97. The maximum Gasteiger partial charge on any atom is 0.328 e. The van der Waals surface area contributed by atoms with Gasteiger partial charge in [-0.1, -0.05) is 34.3 Å². The molecule has 1 saturated heterocycles. The third kappa shape index (κ3) is 6.26. The molecule has 45 heavy (non-hydrogen) atoms. The zero-order chi connectivity index (χ0) is 31.3. The van der Waals surface area contributed by atoms with Crippen molar-refractivity contribution in [3.05, 3.63) is 68.6 Å². The Bertz CT molecular complexity index is 1690. The van der Waals surface area contributed by atoms with E-state index in [0.717, 1.165) is 35.7 Å². The normalized spacial score (nSPS) is 27.4. The quantitative estimate of drug-likeness (QED) is 0.257. The number of aromatic amines is 1. The van der Waals surface area contributed by atoms with Gasteiger partial charge in [-0.25, -0.2) is 14.2 Å². The van der Waals surface area contributed by atoms with Gasteiger partial charge in [-0.3, -0.25) is 9.36 Å². The molecule has 0 unspecified atom stereocenters. The molecule has 3 saturated carbocycles. The molecule has 7 rings (SSSR count). The molecule has 0 radical (unpaired) electrons. The second-order valence-electron chi connectivity index (χ2n) is 13.8. The first-order chi connectivity index (χ1) is 20.9. The van der Waals surface area contributed by atoms with Crippen LogP contribution >= 0.6 is 0 Å². The molecule has 0 amide bonds. The summed E-state index contributed by atoms with van der Waals surface area (Å²) >= 11 is 0. The van der Waals surface area contributed by atoms with Crippen molar-refractivity contribution in [3.63, 3.8) is 0 Å². The average molecular weight is 621 g/mol.